The lowest BCUT2D eigenvalue weighted by atomic mass is 10.3. The van der Waals surface area contributed by atoms with Gasteiger partial charge in [-0.15, -0.1) is 0 Å². The zero-order valence-electron chi connectivity index (χ0n) is 10.3. The molecule has 0 bridgehead atoms. The second kappa shape index (κ2) is 5.50. The molecule has 0 aliphatic rings. The highest BCUT2D eigenvalue weighted by atomic mass is 16.5. The fraction of sp³-hybridized carbons (Fsp3) is 0.333. The predicted octanol–water partition coefficient (Wildman–Crippen LogP) is 0.922. The minimum atomic E-state index is -0.0494. The number of aliphatic hydroxyl groups excluding tert-OH is 1. The van der Waals surface area contributed by atoms with Crippen molar-refractivity contribution in [3.8, 4) is 17.3 Å². The molecule has 0 aliphatic carbocycles. The van der Waals surface area contributed by atoms with Crippen LogP contribution in [0.3, 0.4) is 0 Å². The Bertz CT molecular complexity index is 545. The van der Waals surface area contributed by atoms with E-state index in [-0.39, 0.29) is 13.2 Å². The average Bonchev–Trinajstić information content (AvgIpc) is 2.37. The number of ether oxygens (including phenoxy) is 1. The molecule has 0 atom stereocenters. The van der Waals surface area contributed by atoms with Gasteiger partial charge in [0.25, 0.3) is 0 Å². The lowest BCUT2D eigenvalue weighted by Gasteiger charge is -2.07. The first-order chi connectivity index (χ1) is 8.70. The van der Waals surface area contributed by atoms with E-state index < -0.39 is 0 Å². The van der Waals surface area contributed by atoms with E-state index in [4.69, 9.17) is 9.84 Å². The smallest absolute Gasteiger partial charge is 0.235 e. The molecule has 6 heteroatoms. The van der Waals surface area contributed by atoms with Crippen molar-refractivity contribution >= 4 is 0 Å². The molecule has 0 amide bonds. The standard InChI is InChI=1S/C12H14N4O2/c1-8-5-13-6-10(15-8)11-7-14-12(9(2)16-11)18-4-3-17/h5-7,17H,3-4H2,1-2H3. The average molecular weight is 246 g/mol. The van der Waals surface area contributed by atoms with Gasteiger partial charge in [-0.05, 0) is 13.8 Å². The van der Waals surface area contributed by atoms with Gasteiger partial charge in [0.1, 0.15) is 23.7 Å². The predicted molar refractivity (Wildman–Crippen MR) is 65.1 cm³/mol. The number of aromatic nitrogens is 4. The van der Waals surface area contributed by atoms with Crippen LogP contribution in [0.4, 0.5) is 0 Å². The molecule has 1 N–H and O–H groups in total. The number of aliphatic hydroxyl groups is 1. The van der Waals surface area contributed by atoms with Crippen molar-refractivity contribution < 1.29 is 9.84 Å². The van der Waals surface area contributed by atoms with E-state index in [1.165, 1.54) is 0 Å². The van der Waals surface area contributed by atoms with Gasteiger partial charge in [-0.3, -0.25) is 4.98 Å². The number of nitrogens with zero attached hydrogens (tertiary/aromatic N) is 4. The van der Waals surface area contributed by atoms with Crippen molar-refractivity contribution in [2.45, 2.75) is 13.8 Å². The van der Waals surface area contributed by atoms with E-state index in [0.717, 1.165) is 5.69 Å². The molecule has 0 aromatic carbocycles. The summed E-state index contributed by atoms with van der Waals surface area (Å²) in [7, 11) is 0. The van der Waals surface area contributed by atoms with Crippen molar-refractivity contribution in [1.29, 1.82) is 0 Å². The largest absolute Gasteiger partial charge is 0.474 e. The van der Waals surface area contributed by atoms with E-state index in [1.54, 1.807) is 25.5 Å². The van der Waals surface area contributed by atoms with Crippen LogP contribution in [-0.2, 0) is 0 Å². The van der Waals surface area contributed by atoms with E-state index in [1.807, 2.05) is 6.92 Å². The fourth-order valence-corrected chi connectivity index (χ4v) is 1.46. The summed E-state index contributed by atoms with van der Waals surface area (Å²) in [6.07, 6.45) is 4.91. The van der Waals surface area contributed by atoms with Crippen LogP contribution in [0.25, 0.3) is 11.4 Å². The Kier molecular flexibility index (Phi) is 3.78. The van der Waals surface area contributed by atoms with Gasteiger partial charge in [0.15, 0.2) is 0 Å². The van der Waals surface area contributed by atoms with Gasteiger partial charge in [0.05, 0.1) is 24.7 Å². The normalized spacial score (nSPS) is 10.4. The Labute approximate surface area is 105 Å². The van der Waals surface area contributed by atoms with E-state index in [9.17, 15) is 0 Å². The second-order valence-corrected chi connectivity index (χ2v) is 3.76. The van der Waals surface area contributed by atoms with E-state index in [2.05, 4.69) is 19.9 Å². The first kappa shape index (κ1) is 12.4. The Morgan fingerprint density at radius 3 is 2.56 bits per heavy atom. The topological polar surface area (TPSA) is 81.0 Å². The molecule has 2 aromatic heterocycles. The zero-order chi connectivity index (χ0) is 13.0. The molecule has 0 aliphatic heterocycles. The maximum absolute atomic E-state index is 8.69. The molecule has 0 unspecified atom stereocenters. The van der Waals surface area contributed by atoms with Crippen LogP contribution < -0.4 is 4.74 Å². The van der Waals surface area contributed by atoms with Gasteiger partial charge in [-0.1, -0.05) is 0 Å². The second-order valence-electron chi connectivity index (χ2n) is 3.76. The molecule has 18 heavy (non-hydrogen) atoms. The van der Waals surface area contributed by atoms with E-state index >= 15 is 0 Å². The summed E-state index contributed by atoms with van der Waals surface area (Å²) in [4.78, 5) is 16.9. The molecule has 0 saturated carbocycles. The van der Waals surface area contributed by atoms with Crippen LogP contribution in [0.15, 0.2) is 18.6 Å². The van der Waals surface area contributed by atoms with Crippen LogP contribution in [0.2, 0.25) is 0 Å². The number of aryl methyl sites for hydroxylation is 2. The number of rotatable bonds is 4. The monoisotopic (exact) mass is 246 g/mol. The quantitative estimate of drug-likeness (QED) is 0.864. The number of hydrogen-bond donors (Lipinski definition) is 1. The van der Waals surface area contributed by atoms with Crippen molar-refractivity contribution in [2.75, 3.05) is 13.2 Å². The molecule has 2 aromatic rings. The zero-order valence-corrected chi connectivity index (χ0v) is 10.3. The molecular formula is C12H14N4O2. The molecule has 2 rings (SSSR count). The Balaban J connectivity index is 2.28. The van der Waals surface area contributed by atoms with Gasteiger partial charge < -0.3 is 9.84 Å². The van der Waals surface area contributed by atoms with Gasteiger partial charge in [-0.25, -0.2) is 15.0 Å². The summed E-state index contributed by atoms with van der Waals surface area (Å²) < 4.78 is 5.24. The Hall–Kier alpha value is -2.08. The molecular weight excluding hydrogens is 232 g/mol. The third-order valence-corrected chi connectivity index (χ3v) is 2.25. The maximum Gasteiger partial charge on any atom is 0.235 e. The molecule has 0 radical (unpaired) electrons. The SMILES string of the molecule is Cc1cncc(-c2cnc(OCCO)c(C)n2)n1. The minimum absolute atomic E-state index is 0.0494. The molecule has 0 spiro atoms. The van der Waals surface area contributed by atoms with Crippen LogP contribution in [0.1, 0.15) is 11.4 Å². The highest BCUT2D eigenvalue weighted by molar-refractivity contribution is 5.52. The third kappa shape index (κ3) is 2.78. The summed E-state index contributed by atoms with van der Waals surface area (Å²) in [5, 5.41) is 8.69. The highest BCUT2D eigenvalue weighted by Crippen LogP contribution is 2.18. The molecule has 2 heterocycles. The lowest BCUT2D eigenvalue weighted by Crippen LogP contribution is -2.06. The van der Waals surface area contributed by atoms with Gasteiger partial charge in [-0.2, -0.15) is 0 Å². The van der Waals surface area contributed by atoms with Crippen molar-refractivity contribution in [3.05, 3.63) is 30.0 Å². The summed E-state index contributed by atoms with van der Waals surface area (Å²) in [5.41, 5.74) is 2.82. The van der Waals surface area contributed by atoms with Crippen LogP contribution in [0.5, 0.6) is 5.88 Å². The van der Waals surface area contributed by atoms with Gasteiger partial charge in [0.2, 0.25) is 5.88 Å². The molecule has 0 fully saturated rings. The van der Waals surface area contributed by atoms with E-state index in [0.29, 0.717) is 23.0 Å². The van der Waals surface area contributed by atoms with Gasteiger partial charge in [0, 0.05) is 6.20 Å². The summed E-state index contributed by atoms with van der Waals surface area (Å²) in [6, 6.07) is 0. The first-order valence-electron chi connectivity index (χ1n) is 5.57. The minimum Gasteiger partial charge on any atom is -0.474 e. The fourth-order valence-electron chi connectivity index (χ4n) is 1.46. The molecule has 6 nitrogen and oxygen atoms in total. The van der Waals surface area contributed by atoms with Gasteiger partial charge >= 0.3 is 0 Å². The lowest BCUT2D eigenvalue weighted by molar-refractivity contribution is 0.195. The Morgan fingerprint density at radius 1 is 1.11 bits per heavy atom. The first-order valence-corrected chi connectivity index (χ1v) is 5.57. The number of hydrogen-bond acceptors (Lipinski definition) is 6. The summed E-state index contributed by atoms with van der Waals surface area (Å²) in [6.45, 7) is 3.83. The highest BCUT2D eigenvalue weighted by Gasteiger charge is 2.07. The van der Waals surface area contributed by atoms with Crippen molar-refractivity contribution in [3.63, 3.8) is 0 Å². The molecule has 0 saturated heterocycles. The van der Waals surface area contributed by atoms with Crippen LogP contribution in [0, 0.1) is 13.8 Å². The summed E-state index contributed by atoms with van der Waals surface area (Å²) in [5.74, 6) is 0.424. The van der Waals surface area contributed by atoms with Crippen molar-refractivity contribution in [1.82, 2.24) is 19.9 Å². The maximum atomic E-state index is 8.69. The summed E-state index contributed by atoms with van der Waals surface area (Å²) >= 11 is 0. The van der Waals surface area contributed by atoms with Crippen molar-refractivity contribution in [2.24, 2.45) is 0 Å². The van der Waals surface area contributed by atoms with Crippen LogP contribution in [-0.4, -0.2) is 38.3 Å². The van der Waals surface area contributed by atoms with Crippen LogP contribution >= 0.6 is 0 Å². The molecule has 94 valence electrons. The Morgan fingerprint density at radius 2 is 1.89 bits per heavy atom. The third-order valence-electron chi connectivity index (χ3n) is 2.25.